The first-order valence-electron chi connectivity index (χ1n) is 8.61. The molecule has 0 aliphatic heterocycles. The highest BCUT2D eigenvalue weighted by atomic mass is 32.2. The summed E-state index contributed by atoms with van der Waals surface area (Å²) in [5.74, 6) is -0.398. The van der Waals surface area contributed by atoms with Crippen LogP contribution < -0.4 is 19.9 Å². The van der Waals surface area contributed by atoms with Crippen LogP contribution in [0.25, 0.3) is 11.0 Å². The van der Waals surface area contributed by atoms with Crippen LogP contribution in [0, 0.1) is 0 Å². The predicted octanol–water partition coefficient (Wildman–Crippen LogP) is 3.13. The van der Waals surface area contributed by atoms with Gasteiger partial charge in [-0.05, 0) is 38.1 Å². The second kappa shape index (κ2) is 7.81. The standard InChI is InChI=1S/C19H20N2O6S/c1-3-25-15-10-9-12(11-16(15)26-4-2)28(23,24)21-17-13-7-5-6-8-14(13)27-18(17)19(20)22/h5-11,21H,3-4H2,1-2H3,(H2,20,22). The lowest BCUT2D eigenvalue weighted by atomic mass is 10.2. The number of para-hydroxylation sites is 1. The first-order chi connectivity index (χ1) is 13.4. The summed E-state index contributed by atoms with van der Waals surface area (Å²) < 4.78 is 44.6. The van der Waals surface area contributed by atoms with Gasteiger partial charge in [0.2, 0.25) is 5.76 Å². The number of anilines is 1. The Balaban J connectivity index is 2.05. The van der Waals surface area contributed by atoms with E-state index in [1.807, 2.05) is 6.92 Å². The molecule has 0 bridgehead atoms. The molecule has 0 saturated heterocycles. The highest BCUT2D eigenvalue weighted by Crippen LogP contribution is 2.34. The van der Waals surface area contributed by atoms with Gasteiger partial charge in [-0.15, -0.1) is 0 Å². The number of nitrogens with one attached hydrogen (secondary N) is 1. The van der Waals surface area contributed by atoms with E-state index in [4.69, 9.17) is 19.6 Å². The maximum absolute atomic E-state index is 12.9. The average Bonchev–Trinajstić information content (AvgIpc) is 3.02. The number of primary amides is 1. The van der Waals surface area contributed by atoms with Gasteiger partial charge in [0.1, 0.15) is 11.3 Å². The third kappa shape index (κ3) is 3.74. The Labute approximate surface area is 162 Å². The number of ether oxygens (including phenoxy) is 2. The number of rotatable bonds is 8. The number of furan rings is 1. The molecule has 0 aliphatic carbocycles. The van der Waals surface area contributed by atoms with Gasteiger partial charge in [-0.25, -0.2) is 8.42 Å². The van der Waals surface area contributed by atoms with Crippen molar-refractivity contribution < 1.29 is 27.1 Å². The molecule has 2 aromatic carbocycles. The van der Waals surface area contributed by atoms with Crippen molar-refractivity contribution in [2.45, 2.75) is 18.7 Å². The average molecular weight is 404 g/mol. The van der Waals surface area contributed by atoms with Gasteiger partial charge in [0.15, 0.2) is 11.5 Å². The van der Waals surface area contributed by atoms with E-state index in [1.165, 1.54) is 18.2 Å². The van der Waals surface area contributed by atoms with Gasteiger partial charge < -0.3 is 19.6 Å². The van der Waals surface area contributed by atoms with Crippen LogP contribution in [0.1, 0.15) is 24.4 Å². The first kappa shape index (κ1) is 19.6. The van der Waals surface area contributed by atoms with E-state index in [0.29, 0.717) is 35.7 Å². The van der Waals surface area contributed by atoms with Crippen LogP contribution in [0.15, 0.2) is 51.8 Å². The minimum Gasteiger partial charge on any atom is -0.490 e. The third-order valence-electron chi connectivity index (χ3n) is 3.88. The number of sulfonamides is 1. The van der Waals surface area contributed by atoms with E-state index in [9.17, 15) is 13.2 Å². The molecule has 0 saturated carbocycles. The Hall–Kier alpha value is -3.20. The summed E-state index contributed by atoms with van der Waals surface area (Å²) in [6.45, 7) is 4.35. The van der Waals surface area contributed by atoms with Crippen molar-refractivity contribution in [3.8, 4) is 11.5 Å². The van der Waals surface area contributed by atoms with Crippen LogP contribution in [0.5, 0.6) is 11.5 Å². The molecule has 3 aromatic rings. The maximum Gasteiger partial charge on any atom is 0.286 e. The number of amides is 1. The molecule has 148 valence electrons. The summed E-state index contributed by atoms with van der Waals surface area (Å²) in [7, 11) is -4.06. The summed E-state index contributed by atoms with van der Waals surface area (Å²) in [6, 6.07) is 10.9. The molecular formula is C19H20N2O6S. The quantitative estimate of drug-likeness (QED) is 0.595. The number of benzene rings is 2. The maximum atomic E-state index is 12.9. The molecule has 1 heterocycles. The molecule has 3 N–H and O–H groups in total. The van der Waals surface area contributed by atoms with Gasteiger partial charge in [-0.1, -0.05) is 12.1 Å². The lowest BCUT2D eigenvalue weighted by Gasteiger charge is -2.13. The smallest absolute Gasteiger partial charge is 0.286 e. The van der Waals surface area contributed by atoms with E-state index >= 15 is 0 Å². The normalized spacial score (nSPS) is 11.4. The lowest BCUT2D eigenvalue weighted by molar-refractivity contribution is 0.0977. The van der Waals surface area contributed by atoms with Crippen LogP contribution in [-0.2, 0) is 10.0 Å². The highest BCUT2D eigenvalue weighted by molar-refractivity contribution is 7.92. The fourth-order valence-corrected chi connectivity index (χ4v) is 3.81. The van der Waals surface area contributed by atoms with Crippen LogP contribution >= 0.6 is 0 Å². The lowest BCUT2D eigenvalue weighted by Crippen LogP contribution is -2.17. The second-order valence-corrected chi connectivity index (χ2v) is 7.43. The van der Waals surface area contributed by atoms with Gasteiger partial charge in [-0.3, -0.25) is 9.52 Å². The molecular weight excluding hydrogens is 384 g/mol. The van der Waals surface area contributed by atoms with Crippen molar-refractivity contribution >= 4 is 32.6 Å². The molecule has 28 heavy (non-hydrogen) atoms. The summed E-state index contributed by atoms with van der Waals surface area (Å²) in [5.41, 5.74) is 5.69. The molecule has 9 heteroatoms. The molecule has 3 rings (SSSR count). The summed E-state index contributed by atoms with van der Waals surface area (Å²) in [4.78, 5) is 11.7. The van der Waals surface area contributed by atoms with Crippen molar-refractivity contribution in [2.75, 3.05) is 17.9 Å². The van der Waals surface area contributed by atoms with E-state index < -0.39 is 15.9 Å². The molecule has 1 aromatic heterocycles. The SMILES string of the molecule is CCOc1ccc(S(=O)(=O)Nc2c(C(N)=O)oc3ccccc23)cc1OCC. The summed E-state index contributed by atoms with van der Waals surface area (Å²) in [6.07, 6.45) is 0. The molecule has 0 unspecified atom stereocenters. The zero-order chi connectivity index (χ0) is 20.3. The third-order valence-corrected chi connectivity index (χ3v) is 5.23. The number of carbonyl (C=O) groups is 1. The van der Waals surface area contributed by atoms with E-state index in [0.717, 1.165) is 0 Å². The number of fused-ring (bicyclic) bond motifs is 1. The number of hydrogen-bond acceptors (Lipinski definition) is 6. The largest absolute Gasteiger partial charge is 0.490 e. The molecule has 0 atom stereocenters. The minimum absolute atomic E-state index is 0.00468. The minimum atomic E-state index is -4.06. The van der Waals surface area contributed by atoms with Gasteiger partial charge >= 0.3 is 0 Å². The van der Waals surface area contributed by atoms with E-state index in [2.05, 4.69) is 4.72 Å². The Bertz CT molecular complexity index is 1120. The molecule has 0 fully saturated rings. The van der Waals surface area contributed by atoms with Gasteiger partial charge in [0.05, 0.1) is 18.1 Å². The van der Waals surface area contributed by atoms with Crippen molar-refractivity contribution in [3.05, 3.63) is 48.2 Å². The van der Waals surface area contributed by atoms with Crippen LogP contribution in [0.2, 0.25) is 0 Å². The molecule has 0 spiro atoms. The zero-order valence-electron chi connectivity index (χ0n) is 15.4. The van der Waals surface area contributed by atoms with Crippen LogP contribution in [-0.4, -0.2) is 27.5 Å². The zero-order valence-corrected chi connectivity index (χ0v) is 16.2. The molecule has 1 amide bonds. The van der Waals surface area contributed by atoms with Gasteiger partial charge in [0.25, 0.3) is 15.9 Å². The number of carbonyl (C=O) groups excluding carboxylic acids is 1. The van der Waals surface area contributed by atoms with E-state index in [-0.39, 0.29) is 16.3 Å². The van der Waals surface area contributed by atoms with E-state index in [1.54, 1.807) is 31.2 Å². The van der Waals surface area contributed by atoms with Crippen LogP contribution in [0.4, 0.5) is 5.69 Å². The second-order valence-electron chi connectivity index (χ2n) is 5.75. The van der Waals surface area contributed by atoms with Crippen molar-refractivity contribution in [1.82, 2.24) is 0 Å². The van der Waals surface area contributed by atoms with Crippen molar-refractivity contribution in [3.63, 3.8) is 0 Å². The Morgan fingerprint density at radius 2 is 1.75 bits per heavy atom. The van der Waals surface area contributed by atoms with Crippen molar-refractivity contribution in [2.24, 2.45) is 5.73 Å². The number of hydrogen-bond donors (Lipinski definition) is 2. The van der Waals surface area contributed by atoms with Crippen LogP contribution in [0.3, 0.4) is 0 Å². The first-order valence-corrected chi connectivity index (χ1v) is 10.1. The van der Waals surface area contributed by atoms with Crippen molar-refractivity contribution in [1.29, 1.82) is 0 Å². The fourth-order valence-electron chi connectivity index (χ4n) is 2.71. The highest BCUT2D eigenvalue weighted by Gasteiger charge is 2.25. The molecule has 0 radical (unpaired) electrons. The van der Waals surface area contributed by atoms with Gasteiger partial charge in [0, 0.05) is 11.5 Å². The molecule has 8 nitrogen and oxygen atoms in total. The Morgan fingerprint density at radius 1 is 1.07 bits per heavy atom. The fraction of sp³-hybridized carbons (Fsp3) is 0.211. The summed E-state index contributed by atoms with van der Waals surface area (Å²) >= 11 is 0. The predicted molar refractivity (Wildman–Crippen MR) is 104 cm³/mol. The monoisotopic (exact) mass is 404 g/mol. The van der Waals surface area contributed by atoms with Gasteiger partial charge in [-0.2, -0.15) is 0 Å². The Kier molecular flexibility index (Phi) is 5.46. The topological polar surface area (TPSA) is 121 Å². The molecule has 0 aliphatic rings. The summed E-state index contributed by atoms with van der Waals surface area (Å²) in [5, 5.41) is 0.427. The number of nitrogens with two attached hydrogens (primary N) is 1. The Morgan fingerprint density at radius 3 is 2.43 bits per heavy atom.